The summed E-state index contributed by atoms with van der Waals surface area (Å²) in [6, 6.07) is 10.0. The van der Waals surface area contributed by atoms with Crippen LogP contribution in [0.4, 0.5) is 0 Å². The Labute approximate surface area is 153 Å². The van der Waals surface area contributed by atoms with Crippen LogP contribution < -0.4 is 10.1 Å². The van der Waals surface area contributed by atoms with E-state index in [2.05, 4.69) is 28.6 Å². The maximum absolute atomic E-state index is 12.4. The van der Waals surface area contributed by atoms with Crippen molar-refractivity contribution >= 4 is 17.2 Å². The molecule has 5 heteroatoms. The Bertz CT molecular complexity index is 688. The van der Waals surface area contributed by atoms with Crippen molar-refractivity contribution in [1.29, 1.82) is 0 Å². The van der Waals surface area contributed by atoms with E-state index >= 15 is 0 Å². The van der Waals surface area contributed by atoms with Crippen molar-refractivity contribution in [3.63, 3.8) is 0 Å². The lowest BCUT2D eigenvalue weighted by Gasteiger charge is -2.31. The van der Waals surface area contributed by atoms with Crippen LogP contribution in [-0.4, -0.2) is 31.0 Å². The predicted octanol–water partition coefficient (Wildman–Crippen LogP) is 3.59. The van der Waals surface area contributed by atoms with Gasteiger partial charge in [-0.2, -0.15) is 0 Å². The van der Waals surface area contributed by atoms with Crippen LogP contribution in [0, 0.1) is 12.8 Å². The Hall–Kier alpha value is -1.85. The lowest BCUT2D eigenvalue weighted by atomic mass is 9.95. The minimum absolute atomic E-state index is 0.138. The first kappa shape index (κ1) is 18.0. The summed E-state index contributed by atoms with van der Waals surface area (Å²) in [6.45, 7) is 5.77. The zero-order valence-electron chi connectivity index (χ0n) is 15.0. The first-order valence-corrected chi connectivity index (χ1v) is 9.69. The van der Waals surface area contributed by atoms with Crippen LogP contribution in [0.2, 0.25) is 0 Å². The van der Waals surface area contributed by atoms with Gasteiger partial charge < -0.3 is 10.1 Å². The van der Waals surface area contributed by atoms with E-state index in [-0.39, 0.29) is 11.8 Å². The maximum atomic E-state index is 12.4. The van der Waals surface area contributed by atoms with Crippen LogP contribution in [0.1, 0.15) is 28.8 Å². The minimum atomic E-state index is 0.138. The van der Waals surface area contributed by atoms with Gasteiger partial charge in [-0.1, -0.05) is 12.1 Å². The second-order valence-corrected chi connectivity index (χ2v) is 7.64. The van der Waals surface area contributed by atoms with E-state index in [4.69, 9.17) is 4.74 Å². The summed E-state index contributed by atoms with van der Waals surface area (Å²) in [6.07, 6.45) is 1.89. The number of likely N-dealkylation sites (tertiary alicyclic amines) is 1. The van der Waals surface area contributed by atoms with Crippen LogP contribution in [0.15, 0.2) is 35.7 Å². The number of amides is 1. The van der Waals surface area contributed by atoms with Gasteiger partial charge in [0.15, 0.2) is 0 Å². The molecule has 4 nitrogen and oxygen atoms in total. The highest BCUT2D eigenvalue weighted by molar-refractivity contribution is 7.10. The fourth-order valence-electron chi connectivity index (χ4n) is 3.20. The summed E-state index contributed by atoms with van der Waals surface area (Å²) in [7, 11) is 1.66. The van der Waals surface area contributed by atoms with Crippen LogP contribution in [0.3, 0.4) is 0 Å². The molecule has 0 radical (unpaired) electrons. The summed E-state index contributed by atoms with van der Waals surface area (Å²) in [5.41, 5.74) is 2.48. The van der Waals surface area contributed by atoms with Crippen LogP contribution in [-0.2, 0) is 17.9 Å². The zero-order valence-corrected chi connectivity index (χ0v) is 15.8. The number of nitrogens with one attached hydrogen (secondary N) is 1. The monoisotopic (exact) mass is 358 g/mol. The first-order valence-electron chi connectivity index (χ1n) is 8.81. The van der Waals surface area contributed by atoms with Gasteiger partial charge in [0.1, 0.15) is 5.75 Å². The number of ether oxygens (including phenoxy) is 1. The minimum Gasteiger partial charge on any atom is -0.497 e. The number of carbonyl (C=O) groups excluding carboxylic acids is 1. The third-order valence-electron chi connectivity index (χ3n) is 4.92. The molecule has 2 aromatic rings. The highest BCUT2D eigenvalue weighted by Gasteiger charge is 2.25. The van der Waals surface area contributed by atoms with E-state index in [0.717, 1.165) is 43.8 Å². The van der Waals surface area contributed by atoms with Crippen molar-refractivity contribution in [2.24, 2.45) is 5.92 Å². The van der Waals surface area contributed by atoms with E-state index in [9.17, 15) is 4.79 Å². The molecule has 0 bridgehead atoms. The van der Waals surface area contributed by atoms with Gasteiger partial charge in [-0.3, -0.25) is 9.69 Å². The second kappa shape index (κ2) is 8.50. The first-order chi connectivity index (χ1) is 12.2. The molecule has 1 N–H and O–H groups in total. The number of carbonyl (C=O) groups is 1. The molecular formula is C20H26N2O2S. The third kappa shape index (κ3) is 4.83. The molecule has 0 unspecified atom stereocenters. The number of hydrogen-bond acceptors (Lipinski definition) is 4. The van der Waals surface area contributed by atoms with Crippen molar-refractivity contribution in [2.75, 3.05) is 20.2 Å². The molecule has 1 aromatic carbocycles. The summed E-state index contributed by atoms with van der Waals surface area (Å²) in [5.74, 6) is 1.16. The molecule has 0 aliphatic carbocycles. The lowest BCUT2D eigenvalue weighted by molar-refractivity contribution is -0.126. The molecule has 1 aliphatic heterocycles. The van der Waals surface area contributed by atoms with E-state index < -0.39 is 0 Å². The molecule has 25 heavy (non-hydrogen) atoms. The number of aryl methyl sites for hydroxylation is 1. The van der Waals surface area contributed by atoms with E-state index in [1.165, 1.54) is 10.4 Å². The number of nitrogens with zero attached hydrogens (tertiary/aromatic N) is 1. The molecule has 1 aliphatic rings. The molecule has 1 amide bonds. The standard InChI is InChI=1S/C20H26N2O2S/c1-15-9-12-25-19(15)14-22-10-7-17(8-11-22)20(23)21-13-16-3-5-18(24-2)6-4-16/h3-6,9,12,17H,7-8,10-11,13-14H2,1-2H3,(H,21,23). The topological polar surface area (TPSA) is 41.6 Å². The summed E-state index contributed by atoms with van der Waals surface area (Å²) in [5, 5.41) is 5.24. The highest BCUT2D eigenvalue weighted by Crippen LogP contribution is 2.23. The van der Waals surface area contributed by atoms with Crippen LogP contribution in [0.5, 0.6) is 5.75 Å². The number of thiophene rings is 1. The van der Waals surface area contributed by atoms with Gasteiger partial charge in [0.05, 0.1) is 7.11 Å². The number of benzene rings is 1. The summed E-state index contributed by atoms with van der Waals surface area (Å²) >= 11 is 1.83. The maximum Gasteiger partial charge on any atom is 0.223 e. The smallest absolute Gasteiger partial charge is 0.223 e. The Morgan fingerprint density at radius 3 is 2.56 bits per heavy atom. The molecule has 134 valence electrons. The Morgan fingerprint density at radius 2 is 1.96 bits per heavy atom. The fraction of sp³-hybridized carbons (Fsp3) is 0.450. The van der Waals surface area contributed by atoms with E-state index in [1.54, 1.807) is 7.11 Å². The SMILES string of the molecule is COc1ccc(CNC(=O)C2CCN(Cc3sccc3C)CC2)cc1. The van der Waals surface area contributed by atoms with Gasteiger partial charge in [-0.15, -0.1) is 11.3 Å². The normalized spacial score (nSPS) is 15.9. The van der Waals surface area contributed by atoms with Gasteiger partial charge in [0, 0.05) is 23.9 Å². The van der Waals surface area contributed by atoms with Gasteiger partial charge in [0.25, 0.3) is 0 Å². The second-order valence-electron chi connectivity index (χ2n) is 6.64. The summed E-state index contributed by atoms with van der Waals surface area (Å²) in [4.78, 5) is 16.3. The van der Waals surface area contributed by atoms with E-state index in [0.29, 0.717) is 6.54 Å². The molecule has 3 rings (SSSR count). The van der Waals surface area contributed by atoms with Crippen molar-refractivity contribution in [2.45, 2.75) is 32.9 Å². The molecule has 1 saturated heterocycles. The van der Waals surface area contributed by atoms with Crippen molar-refractivity contribution in [3.05, 3.63) is 51.7 Å². The number of hydrogen-bond donors (Lipinski definition) is 1. The molecular weight excluding hydrogens is 332 g/mol. The van der Waals surface area contributed by atoms with E-state index in [1.807, 2.05) is 35.6 Å². The van der Waals surface area contributed by atoms with Gasteiger partial charge in [-0.05, 0) is 67.6 Å². The van der Waals surface area contributed by atoms with Crippen LogP contribution in [0.25, 0.3) is 0 Å². The summed E-state index contributed by atoms with van der Waals surface area (Å²) < 4.78 is 5.15. The average Bonchev–Trinajstić information content (AvgIpc) is 3.05. The Kier molecular flexibility index (Phi) is 6.10. The molecule has 2 heterocycles. The Balaban J connectivity index is 1.42. The molecule has 1 fully saturated rings. The Morgan fingerprint density at radius 1 is 1.24 bits per heavy atom. The molecule has 0 spiro atoms. The molecule has 1 aromatic heterocycles. The predicted molar refractivity (Wildman–Crippen MR) is 102 cm³/mol. The van der Waals surface area contributed by atoms with Gasteiger partial charge in [0.2, 0.25) is 5.91 Å². The quantitative estimate of drug-likeness (QED) is 0.858. The van der Waals surface area contributed by atoms with Crippen molar-refractivity contribution in [3.8, 4) is 5.75 Å². The zero-order chi connectivity index (χ0) is 17.6. The number of piperidine rings is 1. The van der Waals surface area contributed by atoms with Crippen molar-refractivity contribution in [1.82, 2.24) is 10.2 Å². The van der Waals surface area contributed by atoms with Gasteiger partial charge in [-0.25, -0.2) is 0 Å². The van der Waals surface area contributed by atoms with Crippen molar-refractivity contribution < 1.29 is 9.53 Å². The van der Waals surface area contributed by atoms with Gasteiger partial charge >= 0.3 is 0 Å². The fourth-order valence-corrected chi connectivity index (χ4v) is 4.15. The lowest BCUT2D eigenvalue weighted by Crippen LogP contribution is -2.40. The molecule has 0 saturated carbocycles. The largest absolute Gasteiger partial charge is 0.497 e. The number of methoxy groups -OCH3 is 1. The third-order valence-corrected chi connectivity index (χ3v) is 5.93. The highest BCUT2D eigenvalue weighted by atomic mass is 32.1. The average molecular weight is 359 g/mol. The molecule has 0 atom stereocenters. The van der Waals surface area contributed by atoms with Crippen LogP contribution >= 0.6 is 11.3 Å². The number of rotatable bonds is 6.